The number of ether oxygens (including phenoxy) is 2. The highest BCUT2D eigenvalue weighted by Gasteiger charge is 2.50. The van der Waals surface area contributed by atoms with Crippen LogP contribution in [-0.4, -0.2) is 32.5 Å². The van der Waals surface area contributed by atoms with Crippen molar-refractivity contribution in [3.05, 3.63) is 0 Å². The molecule has 0 atom stereocenters. The van der Waals surface area contributed by atoms with Gasteiger partial charge in [-0.1, -0.05) is 41.5 Å². The first kappa shape index (κ1) is 18.2. The Bertz CT molecular complexity index is 270. The Morgan fingerprint density at radius 2 is 1.16 bits per heavy atom. The zero-order valence-corrected chi connectivity index (χ0v) is 14.1. The summed E-state index contributed by atoms with van der Waals surface area (Å²) in [5.74, 6) is 0.548. The quantitative estimate of drug-likeness (QED) is 0.627. The lowest BCUT2D eigenvalue weighted by Crippen LogP contribution is -2.52. The second kappa shape index (κ2) is 8.35. The molecule has 112 valence electrons. The van der Waals surface area contributed by atoms with Gasteiger partial charge in [0, 0.05) is 0 Å². The molecule has 0 amide bonds. The highest BCUT2D eigenvalue weighted by atomic mass is 28.3. The van der Waals surface area contributed by atoms with Crippen LogP contribution in [0, 0.1) is 11.8 Å². The average molecular weight is 288 g/mol. The monoisotopic (exact) mass is 288 g/mol. The van der Waals surface area contributed by atoms with E-state index >= 15 is 0 Å². The summed E-state index contributed by atoms with van der Waals surface area (Å²) in [4.78, 5) is 24.5. The molecule has 4 nitrogen and oxygen atoms in total. The van der Waals surface area contributed by atoms with Crippen molar-refractivity contribution >= 4 is 19.3 Å². The van der Waals surface area contributed by atoms with E-state index in [0.717, 1.165) is 0 Å². The van der Waals surface area contributed by atoms with E-state index in [1.807, 2.05) is 41.5 Å². The lowest BCUT2D eigenvalue weighted by molar-refractivity contribution is 0.146. The van der Waals surface area contributed by atoms with Gasteiger partial charge in [0.05, 0.1) is 13.2 Å². The second-order valence-electron chi connectivity index (χ2n) is 5.77. The fourth-order valence-corrected chi connectivity index (χ4v) is 4.21. The van der Waals surface area contributed by atoms with Crippen molar-refractivity contribution in [3.63, 3.8) is 0 Å². The van der Waals surface area contributed by atoms with Crippen molar-refractivity contribution in [2.24, 2.45) is 11.8 Å². The third kappa shape index (κ3) is 5.34. The summed E-state index contributed by atoms with van der Waals surface area (Å²) >= 11 is 0. The molecule has 0 bridgehead atoms. The SMILES string of the molecule is CC[Si](CC)(C(=O)OCC(C)C)C(=O)OCC(C)C. The van der Waals surface area contributed by atoms with Gasteiger partial charge in [-0.25, -0.2) is 0 Å². The Morgan fingerprint density at radius 1 is 0.842 bits per heavy atom. The minimum Gasteiger partial charge on any atom is -0.469 e. The lowest BCUT2D eigenvalue weighted by Gasteiger charge is -2.25. The van der Waals surface area contributed by atoms with E-state index < -0.39 is 8.07 Å². The fraction of sp³-hybridized carbons (Fsp3) is 0.857. The smallest absolute Gasteiger partial charge is 0.311 e. The summed E-state index contributed by atoms with van der Waals surface area (Å²) in [7, 11) is -2.81. The topological polar surface area (TPSA) is 52.6 Å². The number of hydrogen-bond donors (Lipinski definition) is 0. The Balaban J connectivity index is 4.81. The molecule has 0 rings (SSSR count). The maximum Gasteiger partial charge on any atom is 0.311 e. The van der Waals surface area contributed by atoms with Gasteiger partial charge in [-0.15, -0.1) is 0 Å². The molecule has 0 spiro atoms. The predicted octanol–water partition coefficient (Wildman–Crippen LogP) is 4.22. The Hall–Kier alpha value is -0.843. The maximum absolute atomic E-state index is 12.3. The van der Waals surface area contributed by atoms with Crippen LogP contribution in [0.25, 0.3) is 0 Å². The van der Waals surface area contributed by atoms with Gasteiger partial charge in [0.15, 0.2) is 0 Å². The molecule has 0 N–H and O–H groups in total. The molecule has 19 heavy (non-hydrogen) atoms. The first-order valence-corrected chi connectivity index (χ1v) is 9.56. The van der Waals surface area contributed by atoms with Crippen LogP contribution in [0.15, 0.2) is 0 Å². The van der Waals surface area contributed by atoms with E-state index in [9.17, 15) is 9.59 Å². The molecule has 0 saturated heterocycles. The van der Waals surface area contributed by atoms with Gasteiger partial charge in [0.25, 0.3) is 11.2 Å². The summed E-state index contributed by atoms with van der Waals surface area (Å²) in [5, 5.41) is 0. The summed E-state index contributed by atoms with van der Waals surface area (Å²) in [6.45, 7) is 12.4. The molecular formula is C14H28O4Si. The molecular weight excluding hydrogens is 260 g/mol. The lowest BCUT2D eigenvalue weighted by atomic mass is 10.2. The van der Waals surface area contributed by atoms with Crippen LogP contribution in [0.5, 0.6) is 0 Å². The minimum atomic E-state index is -2.81. The average Bonchev–Trinajstić information content (AvgIpc) is 2.35. The molecule has 0 unspecified atom stereocenters. The fourth-order valence-electron chi connectivity index (χ4n) is 1.67. The van der Waals surface area contributed by atoms with Crippen LogP contribution in [0.2, 0.25) is 12.1 Å². The highest BCUT2D eigenvalue weighted by Crippen LogP contribution is 2.22. The Labute approximate surface area is 117 Å². The molecule has 0 aromatic rings. The molecule has 0 aliphatic heterocycles. The van der Waals surface area contributed by atoms with Crippen molar-refractivity contribution in [1.82, 2.24) is 0 Å². The third-order valence-corrected chi connectivity index (χ3v) is 7.35. The van der Waals surface area contributed by atoms with Crippen LogP contribution >= 0.6 is 0 Å². The van der Waals surface area contributed by atoms with Gasteiger partial charge in [0.2, 0.25) is 0 Å². The predicted molar refractivity (Wildman–Crippen MR) is 79.1 cm³/mol. The molecule has 5 heteroatoms. The summed E-state index contributed by atoms with van der Waals surface area (Å²) < 4.78 is 10.6. The van der Waals surface area contributed by atoms with Gasteiger partial charge in [-0.3, -0.25) is 9.59 Å². The van der Waals surface area contributed by atoms with Crippen molar-refractivity contribution in [2.45, 2.75) is 53.6 Å². The molecule has 0 aromatic carbocycles. The molecule has 0 radical (unpaired) electrons. The molecule has 0 saturated carbocycles. The molecule has 0 aliphatic carbocycles. The van der Waals surface area contributed by atoms with Crippen LogP contribution in [0.3, 0.4) is 0 Å². The maximum atomic E-state index is 12.3. The third-order valence-electron chi connectivity index (χ3n) is 3.08. The summed E-state index contributed by atoms with van der Waals surface area (Å²) in [6, 6.07) is 1.08. The van der Waals surface area contributed by atoms with Crippen molar-refractivity contribution in [1.29, 1.82) is 0 Å². The first-order valence-electron chi connectivity index (χ1n) is 7.14. The van der Waals surface area contributed by atoms with Crippen LogP contribution in [-0.2, 0) is 9.47 Å². The van der Waals surface area contributed by atoms with Crippen molar-refractivity contribution in [2.75, 3.05) is 13.2 Å². The van der Waals surface area contributed by atoms with E-state index in [2.05, 4.69) is 0 Å². The number of carbonyl (C=O) groups is 2. The van der Waals surface area contributed by atoms with E-state index in [1.54, 1.807) is 0 Å². The van der Waals surface area contributed by atoms with E-state index in [0.29, 0.717) is 25.3 Å². The molecule has 0 heterocycles. The first-order chi connectivity index (χ1) is 8.80. The van der Waals surface area contributed by atoms with Crippen molar-refractivity contribution < 1.29 is 19.1 Å². The zero-order chi connectivity index (χ0) is 15.1. The standard InChI is InChI=1S/C14H28O4Si/c1-7-19(8-2,13(15)17-9-11(3)4)14(16)18-10-12(5)6/h11-12H,7-10H2,1-6H3. The van der Waals surface area contributed by atoms with Crippen molar-refractivity contribution in [3.8, 4) is 0 Å². The van der Waals surface area contributed by atoms with E-state index in [1.165, 1.54) is 0 Å². The van der Waals surface area contributed by atoms with Gasteiger partial charge in [-0.05, 0) is 23.9 Å². The van der Waals surface area contributed by atoms with Gasteiger partial charge in [0.1, 0.15) is 0 Å². The summed E-state index contributed by atoms with van der Waals surface area (Å²) in [5.41, 5.74) is -0.639. The van der Waals surface area contributed by atoms with E-state index in [-0.39, 0.29) is 23.0 Å². The van der Waals surface area contributed by atoms with Crippen LogP contribution in [0.4, 0.5) is 9.59 Å². The molecule has 0 aliphatic rings. The van der Waals surface area contributed by atoms with E-state index in [4.69, 9.17) is 9.47 Å². The zero-order valence-electron chi connectivity index (χ0n) is 13.1. The highest BCUT2D eigenvalue weighted by molar-refractivity contribution is 7.23. The summed E-state index contributed by atoms with van der Waals surface area (Å²) in [6.07, 6.45) is 0. The van der Waals surface area contributed by atoms with Crippen LogP contribution < -0.4 is 0 Å². The number of hydrogen-bond acceptors (Lipinski definition) is 4. The van der Waals surface area contributed by atoms with Gasteiger partial charge in [-0.2, -0.15) is 0 Å². The molecule has 0 fully saturated rings. The second-order valence-corrected chi connectivity index (χ2v) is 10.2. The Morgan fingerprint density at radius 3 is 1.37 bits per heavy atom. The minimum absolute atomic E-state index is 0.274. The van der Waals surface area contributed by atoms with Gasteiger partial charge < -0.3 is 9.47 Å². The largest absolute Gasteiger partial charge is 0.469 e. The van der Waals surface area contributed by atoms with Gasteiger partial charge >= 0.3 is 8.07 Å². The number of carbonyl (C=O) groups excluding carboxylic acids is 2. The van der Waals surface area contributed by atoms with Crippen LogP contribution in [0.1, 0.15) is 41.5 Å². The normalized spacial score (nSPS) is 11.8. The number of rotatable bonds is 8. The molecule has 0 aromatic heterocycles. The Kier molecular flexibility index (Phi) is 7.98.